The fourth-order valence-electron chi connectivity index (χ4n) is 4.08. The number of H-pyrrole nitrogens is 1. The van der Waals surface area contributed by atoms with Gasteiger partial charge in [-0.15, -0.1) is 0 Å². The average molecular weight is 419 g/mol. The zero-order valence-corrected chi connectivity index (χ0v) is 17.4. The number of aromatic nitrogens is 1. The van der Waals surface area contributed by atoms with E-state index in [-0.39, 0.29) is 5.88 Å². The molecule has 0 amide bonds. The van der Waals surface area contributed by atoms with Gasteiger partial charge in [-0.05, 0) is 24.3 Å². The minimum Gasteiger partial charge on any atom is -0.497 e. The second kappa shape index (κ2) is 8.41. The van der Waals surface area contributed by atoms with Crippen molar-refractivity contribution in [3.63, 3.8) is 0 Å². The molecule has 0 saturated carbocycles. The van der Waals surface area contributed by atoms with Crippen molar-refractivity contribution in [3.05, 3.63) is 53.6 Å². The zero-order valence-electron chi connectivity index (χ0n) is 17.4. The monoisotopic (exact) mass is 419 g/mol. The topological polar surface area (TPSA) is 94.5 Å². The predicted molar refractivity (Wildman–Crippen MR) is 121 cm³/mol. The van der Waals surface area contributed by atoms with Crippen LogP contribution in [0.1, 0.15) is 11.1 Å². The van der Waals surface area contributed by atoms with E-state index in [1.807, 2.05) is 42.5 Å². The third kappa shape index (κ3) is 3.75. The number of para-hydroxylation sites is 1. The summed E-state index contributed by atoms with van der Waals surface area (Å²) in [7, 11) is 1.62. The van der Waals surface area contributed by atoms with E-state index in [0.717, 1.165) is 54.9 Å². The van der Waals surface area contributed by atoms with Crippen molar-refractivity contribution in [1.82, 2.24) is 15.2 Å². The molecule has 2 aromatic carbocycles. The summed E-state index contributed by atoms with van der Waals surface area (Å²) in [6.45, 7) is 5.35. The van der Waals surface area contributed by atoms with Gasteiger partial charge >= 0.3 is 0 Å². The van der Waals surface area contributed by atoms with Gasteiger partial charge in [0.25, 0.3) is 0 Å². The summed E-state index contributed by atoms with van der Waals surface area (Å²) in [5.41, 5.74) is 4.28. The van der Waals surface area contributed by atoms with E-state index < -0.39 is 0 Å². The van der Waals surface area contributed by atoms with Crippen molar-refractivity contribution >= 4 is 28.0 Å². The standard InChI is InChI=1S/C23H25N5O3/c1-30-15-6-7-19-17(14-15)20(23(29)26-19)22-21(16-4-2-3-5-18(16)25-22)27-31-13-12-28-10-8-24-9-11-28/h2-7,14,24,26,29H,8-13H2,1H3/b27-21+. The molecule has 8 nitrogen and oxygen atoms in total. The van der Waals surface area contributed by atoms with Gasteiger partial charge in [0.15, 0.2) is 5.88 Å². The third-order valence-electron chi connectivity index (χ3n) is 5.70. The quantitative estimate of drug-likeness (QED) is 0.422. The van der Waals surface area contributed by atoms with Crippen LogP contribution in [0.15, 0.2) is 52.6 Å². The Balaban J connectivity index is 1.47. The first-order valence-electron chi connectivity index (χ1n) is 10.4. The van der Waals surface area contributed by atoms with Crippen LogP contribution >= 0.6 is 0 Å². The SMILES string of the molecule is COc1ccc2[nH]c(O)c(C3=Nc4ccccc4/C3=N\OCCN3CCNCC3)c2c1. The van der Waals surface area contributed by atoms with Crippen LogP contribution in [0.2, 0.25) is 0 Å². The van der Waals surface area contributed by atoms with Crippen LogP contribution in [-0.4, -0.2) is 72.9 Å². The summed E-state index contributed by atoms with van der Waals surface area (Å²) >= 11 is 0. The van der Waals surface area contributed by atoms with Gasteiger partial charge in [-0.1, -0.05) is 23.4 Å². The van der Waals surface area contributed by atoms with Crippen molar-refractivity contribution < 1.29 is 14.7 Å². The average Bonchev–Trinajstić information content (AvgIpc) is 3.33. The maximum Gasteiger partial charge on any atom is 0.199 e. The van der Waals surface area contributed by atoms with E-state index in [1.54, 1.807) is 7.11 Å². The highest BCUT2D eigenvalue weighted by atomic mass is 16.6. The fraction of sp³-hybridized carbons (Fsp3) is 0.304. The molecule has 2 aliphatic rings. The number of fused-ring (bicyclic) bond motifs is 2. The molecular weight excluding hydrogens is 394 g/mol. The number of oxime groups is 1. The van der Waals surface area contributed by atoms with Gasteiger partial charge in [-0.3, -0.25) is 4.90 Å². The molecule has 0 bridgehead atoms. The Kier molecular flexibility index (Phi) is 5.31. The number of aromatic amines is 1. The maximum absolute atomic E-state index is 10.7. The molecule has 5 rings (SSSR count). The highest BCUT2D eigenvalue weighted by molar-refractivity contribution is 6.58. The lowest BCUT2D eigenvalue weighted by Gasteiger charge is -2.26. The number of hydrogen-bond acceptors (Lipinski definition) is 7. The third-order valence-corrected chi connectivity index (χ3v) is 5.70. The summed E-state index contributed by atoms with van der Waals surface area (Å²) in [4.78, 5) is 15.9. The van der Waals surface area contributed by atoms with Crippen LogP contribution in [0.4, 0.5) is 5.69 Å². The van der Waals surface area contributed by atoms with Gasteiger partial charge < -0.3 is 25.0 Å². The minimum atomic E-state index is 0.0447. The first-order valence-corrected chi connectivity index (χ1v) is 10.4. The highest BCUT2D eigenvalue weighted by Gasteiger charge is 2.29. The van der Waals surface area contributed by atoms with Crippen molar-refractivity contribution in [2.75, 3.05) is 46.4 Å². The first kappa shape index (κ1) is 19.6. The number of ether oxygens (including phenoxy) is 1. The number of aromatic hydroxyl groups is 1. The smallest absolute Gasteiger partial charge is 0.199 e. The van der Waals surface area contributed by atoms with Gasteiger partial charge in [0, 0.05) is 49.2 Å². The second-order valence-corrected chi connectivity index (χ2v) is 7.60. The first-order chi connectivity index (χ1) is 15.2. The molecule has 0 spiro atoms. The van der Waals surface area contributed by atoms with E-state index in [0.29, 0.717) is 29.3 Å². The fourth-order valence-corrected chi connectivity index (χ4v) is 4.08. The normalized spacial score (nSPS) is 17.7. The van der Waals surface area contributed by atoms with Gasteiger partial charge in [0.1, 0.15) is 23.8 Å². The molecule has 0 unspecified atom stereocenters. The van der Waals surface area contributed by atoms with Gasteiger partial charge in [-0.25, -0.2) is 4.99 Å². The molecule has 0 atom stereocenters. The largest absolute Gasteiger partial charge is 0.497 e. The van der Waals surface area contributed by atoms with Crippen LogP contribution in [0, 0.1) is 0 Å². The van der Waals surface area contributed by atoms with Crippen molar-refractivity contribution in [2.24, 2.45) is 10.1 Å². The molecular formula is C23H25N5O3. The van der Waals surface area contributed by atoms with Crippen LogP contribution in [0.5, 0.6) is 11.6 Å². The number of hydrogen-bond donors (Lipinski definition) is 3. The van der Waals surface area contributed by atoms with Gasteiger partial charge in [0.05, 0.1) is 18.4 Å². The summed E-state index contributed by atoms with van der Waals surface area (Å²) in [5.74, 6) is 0.748. The number of nitrogens with one attached hydrogen (secondary N) is 2. The summed E-state index contributed by atoms with van der Waals surface area (Å²) in [6, 6.07) is 13.4. The van der Waals surface area contributed by atoms with Crippen LogP contribution in [-0.2, 0) is 4.84 Å². The Morgan fingerprint density at radius 2 is 2.00 bits per heavy atom. The molecule has 160 valence electrons. The van der Waals surface area contributed by atoms with Crippen molar-refractivity contribution in [1.29, 1.82) is 0 Å². The van der Waals surface area contributed by atoms with Crippen LogP contribution in [0.3, 0.4) is 0 Å². The number of benzene rings is 2. The van der Waals surface area contributed by atoms with Gasteiger partial charge in [-0.2, -0.15) is 0 Å². The Labute approximate surface area is 180 Å². The summed E-state index contributed by atoms with van der Waals surface area (Å²) in [5, 5.41) is 19.3. The van der Waals surface area contributed by atoms with Crippen LogP contribution < -0.4 is 10.1 Å². The van der Waals surface area contributed by atoms with E-state index in [9.17, 15) is 5.11 Å². The number of aliphatic imine (C=N–C) groups is 1. The molecule has 1 aromatic heterocycles. The molecule has 3 heterocycles. The van der Waals surface area contributed by atoms with E-state index in [1.165, 1.54) is 0 Å². The number of rotatable bonds is 6. The predicted octanol–water partition coefficient (Wildman–Crippen LogP) is 2.64. The van der Waals surface area contributed by atoms with E-state index in [2.05, 4.69) is 20.4 Å². The summed E-state index contributed by atoms with van der Waals surface area (Å²) < 4.78 is 5.38. The number of nitrogens with zero attached hydrogens (tertiary/aromatic N) is 3. The molecule has 8 heteroatoms. The molecule has 3 aromatic rings. The lowest BCUT2D eigenvalue weighted by atomic mass is 10.0. The lowest BCUT2D eigenvalue weighted by Crippen LogP contribution is -2.44. The van der Waals surface area contributed by atoms with Crippen LogP contribution in [0.25, 0.3) is 10.9 Å². The second-order valence-electron chi connectivity index (χ2n) is 7.60. The molecule has 3 N–H and O–H groups in total. The minimum absolute atomic E-state index is 0.0447. The molecule has 2 aliphatic heterocycles. The van der Waals surface area contributed by atoms with Crippen molar-refractivity contribution in [2.45, 2.75) is 0 Å². The molecule has 0 radical (unpaired) electrons. The Bertz CT molecular complexity index is 1160. The molecule has 0 aliphatic carbocycles. The lowest BCUT2D eigenvalue weighted by molar-refractivity contribution is 0.106. The number of piperazine rings is 1. The Morgan fingerprint density at radius 1 is 1.16 bits per heavy atom. The molecule has 1 fully saturated rings. The highest BCUT2D eigenvalue weighted by Crippen LogP contribution is 2.36. The number of methoxy groups -OCH3 is 1. The Hall–Kier alpha value is -3.36. The molecule has 31 heavy (non-hydrogen) atoms. The zero-order chi connectivity index (χ0) is 21.2. The summed E-state index contributed by atoms with van der Waals surface area (Å²) in [6.07, 6.45) is 0. The van der Waals surface area contributed by atoms with Gasteiger partial charge in [0.2, 0.25) is 0 Å². The maximum atomic E-state index is 10.7. The Morgan fingerprint density at radius 3 is 2.84 bits per heavy atom. The molecule has 1 saturated heterocycles. The van der Waals surface area contributed by atoms with E-state index in [4.69, 9.17) is 14.6 Å². The van der Waals surface area contributed by atoms with Crippen molar-refractivity contribution in [3.8, 4) is 11.6 Å². The van der Waals surface area contributed by atoms with E-state index >= 15 is 0 Å².